The van der Waals surface area contributed by atoms with E-state index in [1.807, 2.05) is 30.3 Å². The summed E-state index contributed by atoms with van der Waals surface area (Å²) in [4.78, 5) is 74.0. The molecule has 4 amide bonds. The van der Waals surface area contributed by atoms with Crippen LogP contribution in [-0.4, -0.2) is 76.7 Å². The fourth-order valence-corrected chi connectivity index (χ4v) is 4.32. The number of aliphatic carboxylic acids is 1. The summed E-state index contributed by atoms with van der Waals surface area (Å²) >= 11 is 1.35. The van der Waals surface area contributed by atoms with Gasteiger partial charge in [-0.05, 0) is 37.5 Å². The smallest absolute Gasteiger partial charge is 0.305 e. The number of ketones is 1. The van der Waals surface area contributed by atoms with E-state index in [4.69, 9.17) is 0 Å². The summed E-state index contributed by atoms with van der Waals surface area (Å²) in [6.07, 6.45) is 2.40. The van der Waals surface area contributed by atoms with Gasteiger partial charge in [0.1, 0.15) is 18.1 Å². The second kappa shape index (κ2) is 17.2. The Labute approximate surface area is 233 Å². The Bertz CT molecular complexity index is 1000. The molecule has 12 heteroatoms. The van der Waals surface area contributed by atoms with Crippen LogP contribution in [-0.2, 0) is 35.2 Å². The van der Waals surface area contributed by atoms with Crippen LogP contribution < -0.4 is 21.3 Å². The molecule has 0 radical (unpaired) electrons. The maximum Gasteiger partial charge on any atom is 0.305 e. The van der Waals surface area contributed by atoms with Crippen molar-refractivity contribution in [2.75, 3.05) is 12.0 Å². The van der Waals surface area contributed by atoms with E-state index in [0.29, 0.717) is 18.6 Å². The number of carboxylic acids is 1. The molecule has 4 atom stereocenters. The van der Waals surface area contributed by atoms with Crippen molar-refractivity contribution in [1.82, 2.24) is 21.3 Å². The second-order valence-corrected chi connectivity index (χ2v) is 10.5. The Balaban J connectivity index is 2.81. The van der Waals surface area contributed by atoms with E-state index in [0.717, 1.165) is 5.56 Å². The van der Waals surface area contributed by atoms with Gasteiger partial charge in [-0.2, -0.15) is 11.8 Å². The number of nitrogens with one attached hydrogen (secondary N) is 4. The van der Waals surface area contributed by atoms with E-state index < -0.39 is 66.0 Å². The molecule has 0 heterocycles. The molecule has 216 valence electrons. The first kappa shape index (κ1) is 33.6. The summed E-state index contributed by atoms with van der Waals surface area (Å²) in [6, 6.07) is 5.35. The highest BCUT2D eigenvalue weighted by Crippen LogP contribution is 2.10. The largest absolute Gasteiger partial charge is 0.481 e. The molecule has 0 saturated carbocycles. The number of carbonyl (C=O) groups is 6. The monoisotopic (exact) mass is 564 g/mol. The third kappa shape index (κ3) is 12.8. The van der Waals surface area contributed by atoms with Crippen molar-refractivity contribution in [2.24, 2.45) is 5.92 Å². The number of Topliss-reactive ketones (excluding diaryl/α,β-unsaturated/α-hetero) is 1. The van der Waals surface area contributed by atoms with Crippen molar-refractivity contribution in [3.8, 4) is 0 Å². The fourth-order valence-electron chi connectivity index (χ4n) is 3.75. The van der Waals surface area contributed by atoms with Crippen molar-refractivity contribution >= 4 is 47.1 Å². The van der Waals surface area contributed by atoms with Gasteiger partial charge in [-0.1, -0.05) is 44.2 Å². The number of thioether (sulfide) groups is 1. The van der Waals surface area contributed by atoms with Gasteiger partial charge < -0.3 is 26.4 Å². The molecule has 5 N–H and O–H groups in total. The van der Waals surface area contributed by atoms with Crippen LogP contribution in [0.15, 0.2) is 30.3 Å². The summed E-state index contributed by atoms with van der Waals surface area (Å²) in [5, 5.41) is 19.4. The van der Waals surface area contributed by atoms with Crippen LogP contribution in [0.25, 0.3) is 0 Å². The van der Waals surface area contributed by atoms with E-state index in [-0.39, 0.29) is 12.3 Å². The van der Waals surface area contributed by atoms with E-state index in [1.54, 1.807) is 20.1 Å². The molecule has 0 aliphatic carbocycles. The van der Waals surface area contributed by atoms with Gasteiger partial charge in [0.15, 0.2) is 5.78 Å². The van der Waals surface area contributed by atoms with Crippen molar-refractivity contribution < 1.29 is 33.9 Å². The third-order valence-electron chi connectivity index (χ3n) is 5.84. The molecule has 11 nitrogen and oxygen atoms in total. The minimum atomic E-state index is -1.24. The zero-order chi connectivity index (χ0) is 29.5. The van der Waals surface area contributed by atoms with Gasteiger partial charge in [-0.3, -0.25) is 28.8 Å². The molecule has 0 saturated heterocycles. The Morgan fingerprint density at radius 3 is 2.03 bits per heavy atom. The summed E-state index contributed by atoms with van der Waals surface area (Å²) in [5.41, 5.74) is 1.05. The number of benzene rings is 1. The average Bonchev–Trinajstić information content (AvgIpc) is 2.86. The van der Waals surface area contributed by atoms with Gasteiger partial charge in [0.2, 0.25) is 23.6 Å². The highest BCUT2D eigenvalue weighted by atomic mass is 32.2. The molecule has 0 fully saturated rings. The minimum Gasteiger partial charge on any atom is -0.481 e. The Hall–Kier alpha value is -3.41. The normalized spacial score (nSPS) is 13.9. The van der Waals surface area contributed by atoms with Gasteiger partial charge in [-0.15, -0.1) is 0 Å². The topological polar surface area (TPSA) is 171 Å². The summed E-state index contributed by atoms with van der Waals surface area (Å²) in [7, 11) is 0. The molecule has 0 aliphatic rings. The average molecular weight is 565 g/mol. The molecule has 1 rings (SSSR count). The third-order valence-corrected chi connectivity index (χ3v) is 6.51. The predicted octanol–water partition coefficient (Wildman–Crippen LogP) is 1.05. The summed E-state index contributed by atoms with van der Waals surface area (Å²) < 4.78 is 0. The molecule has 0 aromatic heterocycles. The van der Waals surface area contributed by atoms with Crippen molar-refractivity contribution in [3.05, 3.63) is 35.9 Å². The molecular formula is C27H40N4O7S. The van der Waals surface area contributed by atoms with Gasteiger partial charge >= 0.3 is 5.97 Å². The van der Waals surface area contributed by atoms with Crippen molar-refractivity contribution in [1.29, 1.82) is 0 Å². The van der Waals surface area contributed by atoms with Crippen LogP contribution >= 0.6 is 11.8 Å². The fraction of sp³-hybridized carbons (Fsp3) is 0.556. The maximum atomic E-state index is 13.1. The Morgan fingerprint density at radius 1 is 0.846 bits per heavy atom. The summed E-state index contributed by atoms with van der Waals surface area (Å²) in [5.74, 6) is -4.02. The minimum absolute atomic E-state index is 0.0837. The van der Waals surface area contributed by atoms with E-state index in [1.165, 1.54) is 25.6 Å². The second-order valence-electron chi connectivity index (χ2n) is 9.63. The number of rotatable bonds is 17. The van der Waals surface area contributed by atoms with Crippen LogP contribution in [0.5, 0.6) is 0 Å². The van der Waals surface area contributed by atoms with E-state index in [9.17, 15) is 33.9 Å². The van der Waals surface area contributed by atoms with Gasteiger partial charge in [-0.25, -0.2) is 0 Å². The zero-order valence-electron chi connectivity index (χ0n) is 23.1. The first-order valence-electron chi connectivity index (χ1n) is 12.8. The van der Waals surface area contributed by atoms with E-state index >= 15 is 0 Å². The number of hydrogen-bond donors (Lipinski definition) is 5. The SMILES string of the molecule is CSCC(NC(C)=O)C(=O)NC(C)C(=O)NC(C(=O)NC(CC(=O)O)C(=O)CCCc1ccccc1)C(C)C. The standard InChI is InChI=1S/C27H40N4O7S/c1-16(2)24(31-25(36)17(3)28-26(37)21(15-39-5)29-18(4)32)27(38)30-20(14-23(34)35)22(33)13-9-12-19-10-7-6-8-11-19/h6-8,10-11,16-17,20-21,24H,9,12-15H2,1-5H3,(H,28,37)(H,29,32)(H,30,38)(H,31,36)(H,34,35). The highest BCUT2D eigenvalue weighted by Gasteiger charge is 2.31. The molecule has 39 heavy (non-hydrogen) atoms. The first-order valence-corrected chi connectivity index (χ1v) is 14.2. The number of hydrogen-bond acceptors (Lipinski definition) is 7. The zero-order valence-corrected chi connectivity index (χ0v) is 23.9. The number of amides is 4. The van der Waals surface area contributed by atoms with Crippen molar-refractivity contribution in [2.45, 2.75) is 77.5 Å². The molecule has 0 spiro atoms. The molecule has 0 aliphatic heterocycles. The van der Waals surface area contributed by atoms with E-state index in [2.05, 4.69) is 21.3 Å². The molecule has 1 aromatic rings. The van der Waals surface area contributed by atoms with Gasteiger partial charge in [0.25, 0.3) is 0 Å². The molecule has 4 unspecified atom stereocenters. The van der Waals surface area contributed by atoms with Crippen LogP contribution in [0, 0.1) is 5.92 Å². The lowest BCUT2D eigenvalue weighted by atomic mass is 9.99. The number of carboxylic acid groups (broad SMARTS) is 1. The highest BCUT2D eigenvalue weighted by molar-refractivity contribution is 7.98. The van der Waals surface area contributed by atoms with Crippen LogP contribution in [0.3, 0.4) is 0 Å². The van der Waals surface area contributed by atoms with Crippen molar-refractivity contribution in [3.63, 3.8) is 0 Å². The Kier molecular flexibility index (Phi) is 14.9. The molecule has 1 aromatic carbocycles. The van der Waals surface area contributed by atoms with Crippen LogP contribution in [0.2, 0.25) is 0 Å². The lowest BCUT2D eigenvalue weighted by Gasteiger charge is -2.26. The Morgan fingerprint density at radius 2 is 1.49 bits per heavy atom. The first-order chi connectivity index (χ1) is 18.3. The summed E-state index contributed by atoms with van der Waals surface area (Å²) in [6.45, 7) is 6.10. The molecule has 0 bridgehead atoms. The van der Waals surface area contributed by atoms with Crippen LogP contribution in [0.4, 0.5) is 0 Å². The predicted molar refractivity (Wildman–Crippen MR) is 149 cm³/mol. The van der Waals surface area contributed by atoms with Crippen LogP contribution in [0.1, 0.15) is 52.5 Å². The lowest BCUT2D eigenvalue weighted by Crippen LogP contribution is -2.58. The lowest BCUT2D eigenvalue weighted by molar-refractivity contribution is -0.141. The van der Waals surface area contributed by atoms with Gasteiger partial charge in [0.05, 0.1) is 12.5 Å². The number of aryl methyl sites for hydroxylation is 1. The number of carbonyl (C=O) groups excluding carboxylic acids is 5. The maximum absolute atomic E-state index is 13.1. The quantitative estimate of drug-likeness (QED) is 0.187. The van der Waals surface area contributed by atoms with Gasteiger partial charge in [0, 0.05) is 19.1 Å². The molecular weight excluding hydrogens is 524 g/mol.